The van der Waals surface area contributed by atoms with E-state index < -0.39 is 16.9 Å². The van der Waals surface area contributed by atoms with Gasteiger partial charge in [0.1, 0.15) is 5.71 Å². The molecule has 136 valence electrons. The van der Waals surface area contributed by atoms with E-state index in [-0.39, 0.29) is 0 Å². The van der Waals surface area contributed by atoms with Crippen LogP contribution in [0.15, 0.2) is 9.73 Å². The molecule has 0 saturated carbocycles. The molecule has 1 atom stereocenters. The second kappa shape index (κ2) is 6.42. The highest BCUT2D eigenvalue weighted by molar-refractivity contribution is 8.24. The molecule has 0 bridgehead atoms. The van der Waals surface area contributed by atoms with Crippen molar-refractivity contribution in [1.82, 2.24) is 20.5 Å². The lowest BCUT2D eigenvalue weighted by Crippen LogP contribution is -2.55. The topological polar surface area (TPSA) is 121 Å². The number of nitrogens with one attached hydrogen (secondary N) is 1. The van der Waals surface area contributed by atoms with Crippen molar-refractivity contribution in [3.8, 4) is 0 Å². The number of carbonyl (C=O) groups excluding carboxylic acids is 1. The number of nitrogens with zero attached hydrogens (tertiary/aromatic N) is 5. The Morgan fingerprint density at radius 2 is 2.36 bits per heavy atom. The standard InChI is InChI=1S/C13H18N6O4S2/c1-13(2)10(18(21)11(20)14-3)17(12(24)25-13)15-7-5-4-6-8-9(7)16-23-19(8)22/h10,21H,4-6H2,1-3H3,(H,14,20)/b15-7+. The molecule has 25 heavy (non-hydrogen) atoms. The quantitative estimate of drug-likeness (QED) is 0.332. The van der Waals surface area contributed by atoms with Crippen molar-refractivity contribution in [3.05, 3.63) is 16.6 Å². The second-order valence-electron chi connectivity index (χ2n) is 6.21. The Labute approximate surface area is 153 Å². The Morgan fingerprint density at radius 3 is 3.04 bits per heavy atom. The van der Waals surface area contributed by atoms with Gasteiger partial charge < -0.3 is 10.5 Å². The number of hydrogen-bond donors (Lipinski definition) is 2. The smallest absolute Gasteiger partial charge is 0.343 e. The number of aromatic nitrogens is 2. The van der Waals surface area contributed by atoms with Crippen molar-refractivity contribution in [3.63, 3.8) is 0 Å². The molecule has 1 fully saturated rings. The molecule has 1 saturated heterocycles. The minimum absolute atomic E-state index is 0.380. The Morgan fingerprint density at radius 1 is 1.64 bits per heavy atom. The summed E-state index contributed by atoms with van der Waals surface area (Å²) >= 11 is 6.71. The number of hydrogen-bond acceptors (Lipinski definition) is 8. The molecular weight excluding hydrogens is 368 g/mol. The van der Waals surface area contributed by atoms with Gasteiger partial charge in [0, 0.05) is 18.6 Å². The van der Waals surface area contributed by atoms with E-state index in [0.29, 0.717) is 44.2 Å². The highest BCUT2D eigenvalue weighted by Crippen LogP contribution is 2.43. The van der Waals surface area contributed by atoms with Crippen molar-refractivity contribution in [2.45, 2.75) is 44.0 Å². The van der Waals surface area contributed by atoms with Crippen LogP contribution in [0.2, 0.25) is 0 Å². The predicted octanol–water partition coefficient (Wildman–Crippen LogP) is 0.817. The molecule has 0 radical (unpaired) electrons. The molecule has 12 heteroatoms. The summed E-state index contributed by atoms with van der Waals surface area (Å²) in [5.41, 5.74) is 1.35. The monoisotopic (exact) mass is 386 g/mol. The van der Waals surface area contributed by atoms with Crippen LogP contribution in [0.3, 0.4) is 0 Å². The van der Waals surface area contributed by atoms with Crippen molar-refractivity contribution in [2.24, 2.45) is 5.10 Å². The molecule has 2 N–H and O–H groups in total. The van der Waals surface area contributed by atoms with Gasteiger partial charge in [0.05, 0.1) is 4.75 Å². The first kappa shape index (κ1) is 17.9. The van der Waals surface area contributed by atoms with E-state index in [2.05, 4.69) is 20.2 Å². The van der Waals surface area contributed by atoms with Crippen molar-refractivity contribution in [1.29, 1.82) is 0 Å². The molecule has 2 amide bonds. The van der Waals surface area contributed by atoms with Gasteiger partial charge in [-0.25, -0.2) is 9.80 Å². The van der Waals surface area contributed by atoms with Crippen LogP contribution < -0.4 is 10.2 Å². The molecular formula is C13H18N6O4S2. The van der Waals surface area contributed by atoms with Gasteiger partial charge in [-0.3, -0.25) is 9.84 Å². The Hall–Kier alpha value is -1.92. The molecule has 0 aromatic carbocycles. The lowest BCUT2D eigenvalue weighted by Gasteiger charge is -2.34. The number of hydrazone groups is 1. The number of thiocarbonyl (C=S) groups is 1. The molecule has 1 aliphatic carbocycles. The zero-order valence-corrected chi connectivity index (χ0v) is 15.6. The summed E-state index contributed by atoms with van der Waals surface area (Å²) in [5, 5.41) is 34.6. The average molecular weight is 386 g/mol. The van der Waals surface area contributed by atoms with E-state index in [4.69, 9.17) is 12.2 Å². The van der Waals surface area contributed by atoms with E-state index in [1.54, 1.807) is 0 Å². The maximum absolute atomic E-state index is 11.9. The molecule has 1 aromatic heterocycles. The molecule has 1 aromatic rings. The van der Waals surface area contributed by atoms with Gasteiger partial charge in [-0.1, -0.05) is 24.0 Å². The van der Waals surface area contributed by atoms with Crippen molar-refractivity contribution in [2.75, 3.05) is 7.05 Å². The summed E-state index contributed by atoms with van der Waals surface area (Å²) in [7, 11) is 1.42. The van der Waals surface area contributed by atoms with Gasteiger partial charge in [-0.2, -0.15) is 10.2 Å². The van der Waals surface area contributed by atoms with Crippen LogP contribution in [-0.2, 0) is 6.42 Å². The number of amides is 2. The first-order chi connectivity index (χ1) is 11.8. The Balaban J connectivity index is 2.00. The molecule has 0 spiro atoms. The van der Waals surface area contributed by atoms with Crippen LogP contribution in [0.5, 0.6) is 0 Å². The van der Waals surface area contributed by atoms with Gasteiger partial charge in [-0.05, 0) is 31.6 Å². The summed E-state index contributed by atoms with van der Waals surface area (Å²) in [6, 6.07) is -0.670. The fourth-order valence-electron chi connectivity index (χ4n) is 2.90. The molecule has 1 unspecified atom stereocenters. The largest absolute Gasteiger partial charge is 0.359 e. The first-order valence-corrected chi connectivity index (χ1v) is 8.87. The normalized spacial score (nSPS) is 23.7. The zero-order chi connectivity index (χ0) is 18.4. The van der Waals surface area contributed by atoms with E-state index in [1.165, 1.54) is 23.8 Å². The lowest BCUT2D eigenvalue weighted by atomic mass is 9.99. The number of rotatable bonds is 2. The van der Waals surface area contributed by atoms with E-state index in [1.807, 2.05) is 13.8 Å². The van der Waals surface area contributed by atoms with Crippen molar-refractivity contribution >= 4 is 40.0 Å². The van der Waals surface area contributed by atoms with Crippen LogP contribution in [0.25, 0.3) is 0 Å². The maximum atomic E-state index is 11.9. The molecule has 2 aliphatic rings. The Bertz CT molecular complexity index is 749. The van der Waals surface area contributed by atoms with Gasteiger partial charge >= 0.3 is 6.03 Å². The summed E-state index contributed by atoms with van der Waals surface area (Å²) in [6.07, 6.45) is 1.05. The lowest BCUT2D eigenvalue weighted by molar-refractivity contribution is -0.808. The average Bonchev–Trinajstić information content (AvgIpc) is 3.04. The zero-order valence-electron chi connectivity index (χ0n) is 13.9. The van der Waals surface area contributed by atoms with E-state index in [0.717, 1.165) is 6.42 Å². The van der Waals surface area contributed by atoms with Crippen LogP contribution >= 0.6 is 24.0 Å². The SMILES string of the molecule is CNC(=O)N(O)C1N(/N=C2\CCCc3c2no[n+]3[O-])C(=S)SC1(C)C. The van der Waals surface area contributed by atoms with Crippen LogP contribution in [-0.4, -0.2) is 54.5 Å². The van der Waals surface area contributed by atoms with Crippen LogP contribution in [0.4, 0.5) is 4.79 Å². The minimum Gasteiger partial charge on any atom is -0.359 e. The Kier molecular flexibility index (Phi) is 4.60. The van der Waals surface area contributed by atoms with Crippen molar-refractivity contribution < 1.29 is 19.5 Å². The van der Waals surface area contributed by atoms with Crippen LogP contribution in [0.1, 0.15) is 38.1 Å². The van der Waals surface area contributed by atoms with Gasteiger partial charge in [0.2, 0.25) is 5.69 Å². The van der Waals surface area contributed by atoms with Gasteiger partial charge in [0.25, 0.3) is 5.69 Å². The highest BCUT2D eigenvalue weighted by Gasteiger charge is 2.50. The number of hydroxylamine groups is 2. The third kappa shape index (κ3) is 3.04. The summed E-state index contributed by atoms with van der Waals surface area (Å²) in [4.78, 5) is 12.3. The highest BCUT2D eigenvalue weighted by atomic mass is 32.2. The fourth-order valence-corrected chi connectivity index (χ4v) is 4.68. The molecule has 1 aliphatic heterocycles. The van der Waals surface area contributed by atoms with Gasteiger partial charge in [-0.15, -0.1) is 0 Å². The molecule has 10 nitrogen and oxygen atoms in total. The number of carbonyl (C=O) groups is 1. The summed E-state index contributed by atoms with van der Waals surface area (Å²) < 4.78 is 4.48. The number of urea groups is 1. The second-order valence-corrected chi connectivity index (χ2v) is 8.50. The van der Waals surface area contributed by atoms with Gasteiger partial charge in [0.15, 0.2) is 10.5 Å². The third-order valence-corrected chi connectivity index (χ3v) is 5.61. The number of thioether (sulfide) groups is 1. The predicted molar refractivity (Wildman–Crippen MR) is 92.9 cm³/mol. The first-order valence-electron chi connectivity index (χ1n) is 7.64. The molecule has 2 heterocycles. The third-order valence-electron chi connectivity index (χ3n) is 4.07. The van der Waals surface area contributed by atoms with E-state index in [9.17, 15) is 15.2 Å². The van der Waals surface area contributed by atoms with Crippen LogP contribution in [0, 0.1) is 5.21 Å². The van der Waals surface area contributed by atoms with E-state index >= 15 is 0 Å². The fraction of sp³-hybridized carbons (Fsp3) is 0.615. The summed E-state index contributed by atoms with van der Waals surface area (Å²) in [5.74, 6) is 0. The summed E-state index contributed by atoms with van der Waals surface area (Å²) in [6.45, 7) is 3.71. The molecule has 3 rings (SSSR count). The maximum Gasteiger partial charge on any atom is 0.343 e. The number of fused-ring (bicyclic) bond motifs is 1. The minimum atomic E-state index is -0.811.